The molecule has 0 aromatic heterocycles. The highest BCUT2D eigenvalue weighted by Gasteiger charge is 2.02. The number of hydrogen-bond acceptors (Lipinski definition) is 2. The van der Waals surface area contributed by atoms with E-state index in [9.17, 15) is 4.79 Å². The molecule has 0 fully saturated rings. The third-order valence-electron chi connectivity index (χ3n) is 1.11. The van der Waals surface area contributed by atoms with Crippen LogP contribution in [0, 0.1) is 0 Å². The van der Waals surface area contributed by atoms with E-state index in [0.717, 1.165) is 0 Å². The molecule has 0 N–H and O–H groups in total. The molecule has 0 aromatic rings. The van der Waals surface area contributed by atoms with Crippen LogP contribution in [-0.4, -0.2) is 17.8 Å². The van der Waals surface area contributed by atoms with Crippen LogP contribution >= 0.6 is 11.8 Å². The minimum atomic E-state index is 0.104. The fourth-order valence-electron chi connectivity index (χ4n) is 0.616. The first-order chi connectivity index (χ1) is 5.26. The first-order valence-corrected chi connectivity index (χ1v) is 4.63. The van der Waals surface area contributed by atoms with Crippen LogP contribution in [-0.2, 0) is 4.79 Å². The molecule has 0 aliphatic carbocycles. The van der Waals surface area contributed by atoms with Gasteiger partial charge >= 0.3 is 0 Å². The maximum absolute atomic E-state index is 11.2. The Morgan fingerprint density at radius 1 is 1.55 bits per heavy atom. The van der Waals surface area contributed by atoms with E-state index in [2.05, 4.69) is 13.2 Å². The molecule has 0 saturated carbocycles. The standard InChI is InChI=1S/C9H12OS/c1-4-6-8(5-2)9(10)7-11-3/h4-6H,1-2,7H2,3H3/b8-6+. The second kappa shape index (κ2) is 5.98. The van der Waals surface area contributed by atoms with Crippen LogP contribution in [0.2, 0.25) is 0 Å². The molecule has 0 saturated heterocycles. The summed E-state index contributed by atoms with van der Waals surface area (Å²) in [5.74, 6) is 0.610. The molecule has 2 heteroatoms. The van der Waals surface area contributed by atoms with Crippen molar-refractivity contribution >= 4 is 17.5 Å². The Bertz CT molecular complexity index is 192. The number of allylic oxidation sites excluding steroid dienone is 4. The lowest BCUT2D eigenvalue weighted by molar-refractivity contribution is -0.112. The van der Waals surface area contributed by atoms with Crippen molar-refractivity contribution in [1.29, 1.82) is 0 Å². The van der Waals surface area contributed by atoms with Gasteiger partial charge in [0.2, 0.25) is 0 Å². The first kappa shape index (κ1) is 10.2. The number of rotatable bonds is 5. The Labute approximate surface area is 71.9 Å². The number of carbonyl (C=O) groups excluding carboxylic acids is 1. The highest BCUT2D eigenvalue weighted by atomic mass is 32.2. The van der Waals surface area contributed by atoms with Gasteiger partial charge in [-0.1, -0.05) is 31.4 Å². The molecule has 0 rings (SSSR count). The molecule has 0 aliphatic heterocycles. The summed E-state index contributed by atoms with van der Waals surface area (Å²) in [7, 11) is 0. The number of hydrogen-bond donors (Lipinski definition) is 0. The van der Waals surface area contributed by atoms with E-state index in [-0.39, 0.29) is 5.78 Å². The Morgan fingerprint density at radius 3 is 2.55 bits per heavy atom. The van der Waals surface area contributed by atoms with Crippen LogP contribution < -0.4 is 0 Å². The molecule has 60 valence electrons. The minimum absolute atomic E-state index is 0.104. The maximum Gasteiger partial charge on any atom is 0.172 e. The maximum atomic E-state index is 11.2. The van der Waals surface area contributed by atoms with Gasteiger partial charge in [-0.3, -0.25) is 4.79 Å². The van der Waals surface area contributed by atoms with Gasteiger partial charge in [-0.25, -0.2) is 0 Å². The Kier molecular flexibility index (Phi) is 5.57. The molecule has 0 aliphatic rings. The third-order valence-corrected chi connectivity index (χ3v) is 1.67. The molecule has 0 spiro atoms. The molecule has 0 aromatic carbocycles. The lowest BCUT2D eigenvalue weighted by Crippen LogP contribution is -2.02. The molecule has 0 heterocycles. The Hall–Kier alpha value is -0.760. The lowest BCUT2D eigenvalue weighted by Gasteiger charge is -1.96. The van der Waals surface area contributed by atoms with Crippen LogP contribution in [0.15, 0.2) is 37.0 Å². The van der Waals surface area contributed by atoms with E-state index in [1.807, 2.05) is 6.26 Å². The summed E-state index contributed by atoms with van der Waals surface area (Å²) in [5.41, 5.74) is 0.634. The molecular formula is C9H12OS. The highest BCUT2D eigenvalue weighted by molar-refractivity contribution is 7.99. The monoisotopic (exact) mass is 168 g/mol. The van der Waals surface area contributed by atoms with Gasteiger partial charge < -0.3 is 0 Å². The van der Waals surface area contributed by atoms with Crippen LogP contribution in [0.25, 0.3) is 0 Å². The predicted molar refractivity (Wildman–Crippen MR) is 51.9 cm³/mol. The summed E-state index contributed by atoms with van der Waals surface area (Å²) in [5, 5.41) is 0. The zero-order chi connectivity index (χ0) is 8.69. The third kappa shape index (κ3) is 3.83. The van der Waals surface area contributed by atoms with Crippen molar-refractivity contribution in [2.75, 3.05) is 12.0 Å². The molecule has 11 heavy (non-hydrogen) atoms. The van der Waals surface area contributed by atoms with Crippen LogP contribution in [0.1, 0.15) is 0 Å². The molecule has 0 bridgehead atoms. The van der Waals surface area contributed by atoms with Gasteiger partial charge in [0.05, 0.1) is 5.75 Å². The van der Waals surface area contributed by atoms with Crippen molar-refractivity contribution in [1.82, 2.24) is 0 Å². The van der Waals surface area contributed by atoms with Crippen molar-refractivity contribution in [3.05, 3.63) is 37.0 Å². The van der Waals surface area contributed by atoms with Crippen LogP contribution in [0.5, 0.6) is 0 Å². The fourth-order valence-corrected chi connectivity index (χ4v) is 1.05. The topological polar surface area (TPSA) is 17.1 Å². The second-order valence-corrected chi connectivity index (χ2v) is 2.78. The van der Waals surface area contributed by atoms with E-state index >= 15 is 0 Å². The van der Waals surface area contributed by atoms with Gasteiger partial charge in [0, 0.05) is 5.57 Å². The molecule has 0 unspecified atom stereocenters. The van der Waals surface area contributed by atoms with Gasteiger partial charge in [-0.05, 0) is 6.26 Å². The van der Waals surface area contributed by atoms with Gasteiger partial charge in [-0.15, -0.1) is 0 Å². The van der Waals surface area contributed by atoms with Crippen molar-refractivity contribution < 1.29 is 4.79 Å². The average Bonchev–Trinajstić information content (AvgIpc) is 2.00. The Balaban J connectivity index is 4.25. The van der Waals surface area contributed by atoms with E-state index in [1.54, 1.807) is 18.2 Å². The van der Waals surface area contributed by atoms with Gasteiger partial charge in [-0.2, -0.15) is 11.8 Å². The van der Waals surface area contributed by atoms with Gasteiger partial charge in [0.25, 0.3) is 0 Å². The summed E-state index contributed by atoms with van der Waals surface area (Å²) in [6.45, 7) is 7.04. The number of ketones is 1. The van der Waals surface area contributed by atoms with Crippen molar-refractivity contribution in [2.24, 2.45) is 0 Å². The molecule has 1 nitrogen and oxygen atoms in total. The summed E-state index contributed by atoms with van der Waals surface area (Å²) < 4.78 is 0. The summed E-state index contributed by atoms with van der Waals surface area (Å²) in [6, 6.07) is 0. The van der Waals surface area contributed by atoms with Gasteiger partial charge in [0.15, 0.2) is 5.78 Å². The molecule has 0 atom stereocenters. The van der Waals surface area contributed by atoms with E-state index in [0.29, 0.717) is 11.3 Å². The zero-order valence-electron chi connectivity index (χ0n) is 6.67. The van der Waals surface area contributed by atoms with Crippen LogP contribution in [0.4, 0.5) is 0 Å². The van der Waals surface area contributed by atoms with E-state index < -0.39 is 0 Å². The average molecular weight is 168 g/mol. The quantitative estimate of drug-likeness (QED) is 0.462. The van der Waals surface area contributed by atoms with Crippen molar-refractivity contribution in [2.45, 2.75) is 0 Å². The van der Waals surface area contributed by atoms with Crippen molar-refractivity contribution in [3.8, 4) is 0 Å². The largest absolute Gasteiger partial charge is 0.293 e. The number of thioether (sulfide) groups is 1. The Morgan fingerprint density at radius 2 is 2.18 bits per heavy atom. The van der Waals surface area contributed by atoms with E-state index in [1.165, 1.54) is 11.8 Å². The highest BCUT2D eigenvalue weighted by Crippen LogP contribution is 2.03. The predicted octanol–water partition coefficient (Wildman–Crippen LogP) is 2.22. The summed E-state index contributed by atoms with van der Waals surface area (Å²) in [4.78, 5) is 11.2. The minimum Gasteiger partial charge on any atom is -0.293 e. The second-order valence-electron chi connectivity index (χ2n) is 1.92. The normalized spacial score (nSPS) is 10.8. The zero-order valence-corrected chi connectivity index (χ0v) is 7.49. The van der Waals surface area contributed by atoms with Crippen LogP contribution in [0.3, 0.4) is 0 Å². The number of Topliss-reactive ketones (excluding diaryl/α,β-unsaturated/α-hetero) is 1. The van der Waals surface area contributed by atoms with E-state index in [4.69, 9.17) is 0 Å². The fraction of sp³-hybridized carbons (Fsp3) is 0.222. The lowest BCUT2D eigenvalue weighted by atomic mass is 10.2. The van der Waals surface area contributed by atoms with Crippen molar-refractivity contribution in [3.63, 3.8) is 0 Å². The molecule has 0 radical (unpaired) electrons. The summed E-state index contributed by atoms with van der Waals surface area (Å²) >= 11 is 1.51. The first-order valence-electron chi connectivity index (χ1n) is 3.23. The molecule has 0 amide bonds. The SMILES string of the molecule is C=C/C=C(\C=C)C(=O)CSC. The number of carbonyl (C=O) groups is 1. The van der Waals surface area contributed by atoms with Gasteiger partial charge in [0.1, 0.15) is 0 Å². The summed E-state index contributed by atoms with van der Waals surface area (Å²) in [6.07, 6.45) is 6.72. The smallest absolute Gasteiger partial charge is 0.172 e. The molecular weight excluding hydrogens is 156 g/mol.